The monoisotopic (exact) mass is 265 g/mol. The highest BCUT2D eigenvalue weighted by atomic mass is 19.1. The van der Waals surface area contributed by atoms with E-state index in [0.717, 1.165) is 36.3 Å². The van der Waals surface area contributed by atoms with Crippen LogP contribution in [0.25, 0.3) is 0 Å². The van der Waals surface area contributed by atoms with Gasteiger partial charge < -0.3 is 10.6 Å². The molecule has 0 spiro atoms. The molecule has 1 unspecified atom stereocenters. The molecule has 2 rings (SSSR count). The quantitative estimate of drug-likeness (QED) is 0.913. The highest BCUT2D eigenvalue weighted by Gasteiger charge is 2.21. The van der Waals surface area contributed by atoms with Crippen molar-refractivity contribution >= 4 is 5.82 Å². The Balaban J connectivity index is 2.14. The predicted octanol–water partition coefficient (Wildman–Crippen LogP) is 2.94. The van der Waals surface area contributed by atoms with Crippen LogP contribution in [0.3, 0.4) is 0 Å². The zero-order valence-electron chi connectivity index (χ0n) is 11.9. The molecule has 1 fully saturated rings. The number of nitrogens with zero attached hydrogens (tertiary/aromatic N) is 2. The first-order chi connectivity index (χ1) is 9.11. The molecule has 1 aromatic rings. The molecule has 0 amide bonds. The Morgan fingerprint density at radius 3 is 2.89 bits per heavy atom. The van der Waals surface area contributed by atoms with Crippen LogP contribution in [0.2, 0.25) is 0 Å². The lowest BCUT2D eigenvalue weighted by Gasteiger charge is -2.24. The van der Waals surface area contributed by atoms with E-state index in [2.05, 4.69) is 23.7 Å². The van der Waals surface area contributed by atoms with E-state index >= 15 is 0 Å². The molecule has 3 nitrogen and oxygen atoms in total. The Morgan fingerprint density at radius 2 is 2.21 bits per heavy atom. The molecule has 0 bridgehead atoms. The molecule has 4 heteroatoms. The fraction of sp³-hybridized carbons (Fsp3) is 0.667. The number of hydrogen-bond acceptors (Lipinski definition) is 3. The fourth-order valence-electron chi connectivity index (χ4n) is 2.91. The van der Waals surface area contributed by atoms with Crippen molar-refractivity contribution in [1.29, 1.82) is 0 Å². The molecule has 0 aromatic carbocycles. The number of pyridine rings is 1. The van der Waals surface area contributed by atoms with Crippen molar-refractivity contribution in [3.05, 3.63) is 23.6 Å². The number of nitrogens with two attached hydrogens (primary N) is 1. The molecule has 106 valence electrons. The summed E-state index contributed by atoms with van der Waals surface area (Å²) >= 11 is 0. The van der Waals surface area contributed by atoms with Crippen molar-refractivity contribution in [2.24, 2.45) is 17.6 Å². The van der Waals surface area contributed by atoms with Gasteiger partial charge in [-0.15, -0.1) is 0 Å². The average Bonchev–Trinajstić information content (AvgIpc) is 2.64. The molecule has 1 aliphatic rings. The molecule has 1 atom stereocenters. The maximum Gasteiger partial charge on any atom is 0.141 e. The topological polar surface area (TPSA) is 42.2 Å². The van der Waals surface area contributed by atoms with Crippen molar-refractivity contribution < 1.29 is 4.39 Å². The van der Waals surface area contributed by atoms with Gasteiger partial charge in [0.05, 0.1) is 6.20 Å². The lowest BCUT2D eigenvalue weighted by molar-refractivity contribution is 0.351. The molecule has 2 N–H and O–H groups in total. The molecular weight excluding hydrogens is 241 g/mol. The third-order valence-corrected chi connectivity index (χ3v) is 4.14. The van der Waals surface area contributed by atoms with Gasteiger partial charge in [0.1, 0.15) is 11.6 Å². The van der Waals surface area contributed by atoms with Crippen molar-refractivity contribution in [2.45, 2.75) is 39.7 Å². The number of rotatable bonds is 3. The first-order valence-electron chi connectivity index (χ1n) is 7.21. The van der Waals surface area contributed by atoms with E-state index in [9.17, 15) is 4.39 Å². The Bertz CT molecular complexity index is 420. The number of halogens is 1. The van der Waals surface area contributed by atoms with Crippen molar-refractivity contribution in [2.75, 3.05) is 18.0 Å². The van der Waals surface area contributed by atoms with Gasteiger partial charge in [-0.05, 0) is 37.2 Å². The highest BCUT2D eigenvalue weighted by molar-refractivity contribution is 5.47. The lowest BCUT2D eigenvalue weighted by atomic mass is 9.89. The Labute approximate surface area is 115 Å². The maximum absolute atomic E-state index is 13.2. The van der Waals surface area contributed by atoms with E-state index < -0.39 is 0 Å². The summed E-state index contributed by atoms with van der Waals surface area (Å²) in [6.07, 6.45) is 4.92. The summed E-state index contributed by atoms with van der Waals surface area (Å²) < 4.78 is 13.2. The minimum absolute atomic E-state index is 0.306. The van der Waals surface area contributed by atoms with Gasteiger partial charge in [0.2, 0.25) is 0 Å². The summed E-state index contributed by atoms with van der Waals surface area (Å²) in [7, 11) is 0. The summed E-state index contributed by atoms with van der Waals surface area (Å²) in [4.78, 5) is 6.52. The largest absolute Gasteiger partial charge is 0.356 e. The van der Waals surface area contributed by atoms with Gasteiger partial charge in [0.25, 0.3) is 0 Å². The van der Waals surface area contributed by atoms with Gasteiger partial charge in [-0.25, -0.2) is 9.37 Å². The Morgan fingerprint density at radius 1 is 1.42 bits per heavy atom. The van der Waals surface area contributed by atoms with Crippen LogP contribution in [-0.2, 0) is 6.54 Å². The van der Waals surface area contributed by atoms with Crippen molar-refractivity contribution in [3.8, 4) is 0 Å². The molecule has 0 saturated carbocycles. The Hall–Kier alpha value is -1.16. The van der Waals surface area contributed by atoms with E-state index in [1.54, 1.807) is 0 Å². The van der Waals surface area contributed by atoms with Crippen molar-refractivity contribution in [1.82, 2.24) is 4.98 Å². The predicted molar refractivity (Wildman–Crippen MR) is 76.5 cm³/mol. The second-order valence-corrected chi connectivity index (χ2v) is 5.76. The zero-order valence-corrected chi connectivity index (χ0v) is 11.9. The SMILES string of the molecule is CC(C)C1CCCN(c2ncc(F)cc2CN)CC1. The summed E-state index contributed by atoms with van der Waals surface area (Å²) in [5, 5.41) is 0. The first kappa shape index (κ1) is 14.3. The zero-order chi connectivity index (χ0) is 13.8. The van der Waals surface area contributed by atoms with E-state index in [1.807, 2.05) is 0 Å². The van der Waals surface area contributed by atoms with Gasteiger partial charge in [-0.1, -0.05) is 13.8 Å². The normalized spacial score (nSPS) is 20.7. The minimum Gasteiger partial charge on any atom is -0.356 e. The molecule has 2 heterocycles. The van der Waals surface area contributed by atoms with E-state index in [-0.39, 0.29) is 5.82 Å². The van der Waals surface area contributed by atoms with Crippen LogP contribution in [0.1, 0.15) is 38.7 Å². The molecule has 1 aliphatic heterocycles. The summed E-state index contributed by atoms with van der Waals surface area (Å²) in [5.41, 5.74) is 6.52. The van der Waals surface area contributed by atoms with Gasteiger partial charge in [-0.3, -0.25) is 0 Å². The van der Waals surface area contributed by atoms with Gasteiger partial charge in [0.15, 0.2) is 0 Å². The van der Waals surface area contributed by atoms with Crippen LogP contribution in [-0.4, -0.2) is 18.1 Å². The summed E-state index contributed by atoms with van der Waals surface area (Å²) in [6, 6.07) is 1.51. The van der Waals surface area contributed by atoms with Gasteiger partial charge in [-0.2, -0.15) is 0 Å². The molecule has 1 aromatic heterocycles. The summed E-state index contributed by atoms with van der Waals surface area (Å²) in [6.45, 7) is 6.91. The van der Waals surface area contributed by atoms with Crippen LogP contribution >= 0.6 is 0 Å². The number of aromatic nitrogens is 1. The Kier molecular flexibility index (Phi) is 4.75. The van der Waals surface area contributed by atoms with Crippen molar-refractivity contribution in [3.63, 3.8) is 0 Å². The molecule has 1 saturated heterocycles. The summed E-state index contributed by atoms with van der Waals surface area (Å²) in [5.74, 6) is 2.08. The molecule has 0 radical (unpaired) electrons. The van der Waals surface area contributed by atoms with Crippen LogP contribution in [0.15, 0.2) is 12.3 Å². The number of hydrogen-bond donors (Lipinski definition) is 1. The number of anilines is 1. The lowest BCUT2D eigenvalue weighted by Crippen LogP contribution is -2.27. The van der Waals surface area contributed by atoms with Crippen LogP contribution in [0.4, 0.5) is 10.2 Å². The highest BCUT2D eigenvalue weighted by Crippen LogP contribution is 2.28. The molecular formula is C15H24FN3. The van der Waals surface area contributed by atoms with Gasteiger partial charge in [0, 0.05) is 25.2 Å². The first-order valence-corrected chi connectivity index (χ1v) is 7.21. The van der Waals surface area contributed by atoms with Crippen LogP contribution < -0.4 is 10.6 Å². The van der Waals surface area contributed by atoms with E-state index in [1.165, 1.54) is 31.5 Å². The second-order valence-electron chi connectivity index (χ2n) is 5.76. The average molecular weight is 265 g/mol. The van der Waals surface area contributed by atoms with E-state index in [0.29, 0.717) is 6.54 Å². The standard InChI is InChI=1S/C15H24FN3/c1-11(2)12-4-3-6-19(7-5-12)15-13(9-17)8-14(16)10-18-15/h8,10-12H,3-7,9,17H2,1-2H3. The van der Waals surface area contributed by atoms with Gasteiger partial charge >= 0.3 is 0 Å². The third-order valence-electron chi connectivity index (χ3n) is 4.14. The minimum atomic E-state index is -0.306. The molecule has 0 aliphatic carbocycles. The second kappa shape index (κ2) is 6.33. The smallest absolute Gasteiger partial charge is 0.141 e. The van der Waals surface area contributed by atoms with Crippen LogP contribution in [0, 0.1) is 17.7 Å². The van der Waals surface area contributed by atoms with Crippen LogP contribution in [0.5, 0.6) is 0 Å². The van der Waals surface area contributed by atoms with E-state index in [4.69, 9.17) is 5.73 Å². The molecule has 19 heavy (non-hydrogen) atoms. The fourth-order valence-corrected chi connectivity index (χ4v) is 2.91. The maximum atomic E-state index is 13.2. The third kappa shape index (κ3) is 3.44.